The Bertz CT molecular complexity index is 405. The van der Waals surface area contributed by atoms with Crippen molar-refractivity contribution in [3.05, 3.63) is 23.9 Å². The molecule has 1 unspecified atom stereocenters. The maximum atomic E-state index is 11.8. The fourth-order valence-electron chi connectivity index (χ4n) is 2.28. The lowest BCUT2D eigenvalue weighted by molar-refractivity contribution is -0.128. The Labute approximate surface area is 102 Å². The van der Waals surface area contributed by atoms with Crippen molar-refractivity contribution in [1.29, 1.82) is 0 Å². The predicted octanol–water partition coefficient (Wildman–Crippen LogP) is 1.88. The van der Waals surface area contributed by atoms with E-state index in [-0.39, 0.29) is 5.91 Å². The molecule has 1 aliphatic rings. The number of pyridine rings is 1. The average molecular weight is 233 g/mol. The van der Waals surface area contributed by atoms with E-state index in [9.17, 15) is 4.79 Å². The van der Waals surface area contributed by atoms with Crippen molar-refractivity contribution in [3.8, 4) is 0 Å². The number of carbonyl (C=O) groups excluding carboxylic acids is 1. The van der Waals surface area contributed by atoms with E-state index in [0.29, 0.717) is 18.9 Å². The standard InChI is InChI=1S/C13H19N3O/c1-3-10-7-12(17)16(8-10)9-11-5-4-6-15-13(11)14-2/h4-6,10H,3,7-9H2,1-2H3,(H,14,15). The van der Waals surface area contributed by atoms with Gasteiger partial charge in [0.1, 0.15) is 5.82 Å². The van der Waals surface area contributed by atoms with E-state index in [1.807, 2.05) is 24.1 Å². The molecule has 0 radical (unpaired) electrons. The van der Waals surface area contributed by atoms with Crippen molar-refractivity contribution in [3.63, 3.8) is 0 Å². The highest BCUT2D eigenvalue weighted by atomic mass is 16.2. The van der Waals surface area contributed by atoms with Crippen LogP contribution >= 0.6 is 0 Å². The van der Waals surface area contributed by atoms with E-state index in [1.165, 1.54) is 0 Å². The molecular weight excluding hydrogens is 214 g/mol. The fourth-order valence-corrected chi connectivity index (χ4v) is 2.28. The van der Waals surface area contributed by atoms with Gasteiger partial charge in [0.2, 0.25) is 5.91 Å². The van der Waals surface area contributed by atoms with Gasteiger partial charge in [-0.3, -0.25) is 4.79 Å². The lowest BCUT2D eigenvalue weighted by Gasteiger charge is -2.18. The lowest BCUT2D eigenvalue weighted by Crippen LogP contribution is -2.25. The zero-order valence-corrected chi connectivity index (χ0v) is 10.4. The molecular formula is C13H19N3O. The first-order chi connectivity index (χ1) is 8.24. The molecule has 0 bridgehead atoms. The minimum Gasteiger partial charge on any atom is -0.373 e. The number of amides is 1. The van der Waals surface area contributed by atoms with Crippen LogP contribution in [-0.4, -0.2) is 29.4 Å². The number of nitrogens with zero attached hydrogens (tertiary/aromatic N) is 2. The number of hydrogen-bond acceptors (Lipinski definition) is 3. The van der Waals surface area contributed by atoms with Crippen LogP contribution in [0.25, 0.3) is 0 Å². The zero-order valence-electron chi connectivity index (χ0n) is 10.4. The number of hydrogen-bond donors (Lipinski definition) is 1. The van der Waals surface area contributed by atoms with E-state index in [0.717, 1.165) is 24.3 Å². The van der Waals surface area contributed by atoms with Crippen LogP contribution in [0.4, 0.5) is 5.82 Å². The van der Waals surface area contributed by atoms with Gasteiger partial charge in [-0.25, -0.2) is 4.98 Å². The van der Waals surface area contributed by atoms with E-state index >= 15 is 0 Å². The smallest absolute Gasteiger partial charge is 0.223 e. The topological polar surface area (TPSA) is 45.2 Å². The molecule has 2 heterocycles. The van der Waals surface area contributed by atoms with Crippen LogP contribution in [0.5, 0.6) is 0 Å². The van der Waals surface area contributed by atoms with Gasteiger partial charge < -0.3 is 10.2 Å². The Kier molecular flexibility index (Phi) is 3.61. The lowest BCUT2D eigenvalue weighted by atomic mass is 10.1. The number of anilines is 1. The van der Waals surface area contributed by atoms with Crippen molar-refractivity contribution in [2.24, 2.45) is 5.92 Å². The molecule has 1 amide bonds. The molecule has 1 atom stereocenters. The van der Waals surface area contributed by atoms with Crippen LogP contribution in [0.1, 0.15) is 25.3 Å². The largest absolute Gasteiger partial charge is 0.373 e. The van der Waals surface area contributed by atoms with Crippen LogP contribution in [0.3, 0.4) is 0 Å². The summed E-state index contributed by atoms with van der Waals surface area (Å²) in [5, 5.41) is 3.06. The first-order valence-corrected chi connectivity index (χ1v) is 6.14. The van der Waals surface area contributed by atoms with Gasteiger partial charge in [0.15, 0.2) is 0 Å². The summed E-state index contributed by atoms with van der Waals surface area (Å²) < 4.78 is 0. The molecule has 4 nitrogen and oxygen atoms in total. The summed E-state index contributed by atoms with van der Waals surface area (Å²) in [4.78, 5) is 18.0. The molecule has 92 valence electrons. The number of likely N-dealkylation sites (tertiary alicyclic amines) is 1. The quantitative estimate of drug-likeness (QED) is 0.863. The summed E-state index contributed by atoms with van der Waals surface area (Å²) in [7, 11) is 1.85. The Morgan fingerprint density at radius 3 is 3.06 bits per heavy atom. The van der Waals surface area contributed by atoms with Gasteiger partial charge in [0.25, 0.3) is 0 Å². The van der Waals surface area contributed by atoms with Gasteiger partial charge >= 0.3 is 0 Å². The SMILES string of the molecule is CCC1CC(=O)N(Cc2cccnc2NC)C1. The van der Waals surface area contributed by atoms with Crippen molar-refractivity contribution in [2.45, 2.75) is 26.3 Å². The second kappa shape index (κ2) is 5.17. The molecule has 1 aromatic heterocycles. The predicted molar refractivity (Wildman–Crippen MR) is 67.6 cm³/mol. The third-order valence-corrected chi connectivity index (χ3v) is 3.36. The fraction of sp³-hybridized carbons (Fsp3) is 0.538. The maximum Gasteiger partial charge on any atom is 0.223 e. The maximum absolute atomic E-state index is 11.8. The van der Waals surface area contributed by atoms with E-state index in [2.05, 4.69) is 17.2 Å². The first-order valence-electron chi connectivity index (χ1n) is 6.14. The van der Waals surface area contributed by atoms with Gasteiger partial charge in [-0.05, 0) is 12.0 Å². The molecule has 0 aromatic carbocycles. The van der Waals surface area contributed by atoms with Crippen LogP contribution in [0.15, 0.2) is 18.3 Å². The molecule has 1 fully saturated rings. The van der Waals surface area contributed by atoms with Crippen LogP contribution in [0.2, 0.25) is 0 Å². The number of aromatic nitrogens is 1. The highest BCUT2D eigenvalue weighted by Crippen LogP contribution is 2.23. The number of carbonyl (C=O) groups is 1. The number of nitrogens with one attached hydrogen (secondary N) is 1. The molecule has 4 heteroatoms. The normalized spacial score (nSPS) is 19.8. The third-order valence-electron chi connectivity index (χ3n) is 3.36. The molecule has 1 aromatic rings. The summed E-state index contributed by atoms with van der Waals surface area (Å²) in [5.74, 6) is 1.65. The van der Waals surface area contributed by atoms with Crippen LogP contribution in [0, 0.1) is 5.92 Å². The van der Waals surface area contributed by atoms with E-state index in [4.69, 9.17) is 0 Å². The average Bonchev–Trinajstić information content (AvgIpc) is 2.71. The Morgan fingerprint density at radius 1 is 1.59 bits per heavy atom. The van der Waals surface area contributed by atoms with Crippen molar-refractivity contribution in [2.75, 3.05) is 18.9 Å². The highest BCUT2D eigenvalue weighted by molar-refractivity contribution is 5.78. The number of rotatable bonds is 4. The van der Waals surface area contributed by atoms with Gasteiger partial charge in [0.05, 0.1) is 0 Å². The van der Waals surface area contributed by atoms with Crippen LogP contribution in [-0.2, 0) is 11.3 Å². The highest BCUT2D eigenvalue weighted by Gasteiger charge is 2.28. The van der Waals surface area contributed by atoms with Gasteiger partial charge in [-0.15, -0.1) is 0 Å². The summed E-state index contributed by atoms with van der Waals surface area (Å²) >= 11 is 0. The summed E-state index contributed by atoms with van der Waals surface area (Å²) in [5.41, 5.74) is 1.08. The molecule has 0 saturated carbocycles. The minimum atomic E-state index is 0.266. The second-order valence-corrected chi connectivity index (χ2v) is 4.51. The molecule has 2 rings (SSSR count). The van der Waals surface area contributed by atoms with Gasteiger partial charge in [-0.1, -0.05) is 19.4 Å². The Morgan fingerprint density at radius 2 is 2.41 bits per heavy atom. The van der Waals surface area contributed by atoms with Gasteiger partial charge in [0, 0.05) is 38.3 Å². The van der Waals surface area contributed by atoms with Crippen molar-refractivity contribution < 1.29 is 4.79 Å². The van der Waals surface area contributed by atoms with Crippen molar-refractivity contribution in [1.82, 2.24) is 9.88 Å². The molecule has 1 aliphatic heterocycles. The van der Waals surface area contributed by atoms with Crippen molar-refractivity contribution >= 4 is 11.7 Å². The molecule has 1 saturated heterocycles. The Balaban J connectivity index is 2.08. The zero-order chi connectivity index (χ0) is 12.3. The summed E-state index contributed by atoms with van der Waals surface area (Å²) in [6.45, 7) is 3.69. The van der Waals surface area contributed by atoms with Gasteiger partial charge in [-0.2, -0.15) is 0 Å². The first kappa shape index (κ1) is 11.9. The molecule has 0 aliphatic carbocycles. The monoisotopic (exact) mass is 233 g/mol. The van der Waals surface area contributed by atoms with E-state index in [1.54, 1.807) is 6.20 Å². The third kappa shape index (κ3) is 2.57. The molecule has 1 N–H and O–H groups in total. The van der Waals surface area contributed by atoms with E-state index < -0.39 is 0 Å². The van der Waals surface area contributed by atoms with Crippen LogP contribution < -0.4 is 5.32 Å². The molecule has 0 spiro atoms. The summed E-state index contributed by atoms with van der Waals surface area (Å²) in [6.07, 6.45) is 3.54. The Hall–Kier alpha value is -1.58. The second-order valence-electron chi connectivity index (χ2n) is 4.51. The summed E-state index contributed by atoms with van der Waals surface area (Å²) in [6, 6.07) is 3.93. The molecule has 17 heavy (non-hydrogen) atoms. The minimum absolute atomic E-state index is 0.266.